The molecule has 0 fully saturated rings. The summed E-state index contributed by atoms with van der Waals surface area (Å²) in [6.45, 7) is 4.73. The second-order valence-electron chi connectivity index (χ2n) is 16.5. The molecule has 60 heavy (non-hydrogen) atoms. The Balaban J connectivity index is 0.953. The molecule has 11 aromatic rings. The van der Waals surface area contributed by atoms with Gasteiger partial charge < -0.3 is 4.42 Å². The van der Waals surface area contributed by atoms with Crippen LogP contribution in [-0.2, 0) is 5.41 Å². The number of aromatic nitrogens is 2. The summed E-state index contributed by atoms with van der Waals surface area (Å²) in [5, 5.41) is 7.09. The third kappa shape index (κ3) is 5.29. The Labute approximate surface area is 348 Å². The Hall–Kier alpha value is -7.62. The maximum Gasteiger partial charge on any atom is 0.160 e. The average Bonchev–Trinajstić information content (AvgIpc) is 3.80. The summed E-state index contributed by atoms with van der Waals surface area (Å²) >= 11 is 0. The van der Waals surface area contributed by atoms with Gasteiger partial charge >= 0.3 is 0 Å². The minimum absolute atomic E-state index is 0.0691. The highest BCUT2D eigenvalue weighted by molar-refractivity contribution is 6.12. The zero-order valence-corrected chi connectivity index (χ0v) is 33.3. The van der Waals surface area contributed by atoms with E-state index >= 15 is 0 Å². The molecule has 1 aliphatic rings. The molecule has 0 atom stereocenters. The van der Waals surface area contributed by atoms with Gasteiger partial charge in [0.15, 0.2) is 5.82 Å². The molecule has 0 N–H and O–H groups in total. The molecule has 0 saturated carbocycles. The van der Waals surface area contributed by atoms with Crippen molar-refractivity contribution in [2.45, 2.75) is 19.3 Å². The topological polar surface area (TPSA) is 38.9 Å². The van der Waals surface area contributed by atoms with Crippen LogP contribution in [0.3, 0.4) is 0 Å². The van der Waals surface area contributed by atoms with E-state index in [0.717, 1.165) is 55.4 Å². The van der Waals surface area contributed by atoms with E-state index in [1.165, 1.54) is 60.7 Å². The Bertz CT molecular complexity index is 3500. The van der Waals surface area contributed by atoms with E-state index in [4.69, 9.17) is 14.4 Å². The van der Waals surface area contributed by atoms with Crippen LogP contribution in [0.4, 0.5) is 0 Å². The first-order valence-corrected chi connectivity index (χ1v) is 20.6. The lowest BCUT2D eigenvalue weighted by molar-refractivity contribution is 0.666. The summed E-state index contributed by atoms with van der Waals surface area (Å²) in [5.41, 5.74) is 16.7. The van der Waals surface area contributed by atoms with Crippen LogP contribution in [0.1, 0.15) is 25.0 Å². The van der Waals surface area contributed by atoms with Crippen molar-refractivity contribution in [1.29, 1.82) is 0 Å². The van der Waals surface area contributed by atoms with Gasteiger partial charge in [0.05, 0.1) is 11.4 Å². The number of fused-ring (bicyclic) bond motifs is 9. The lowest BCUT2D eigenvalue weighted by Gasteiger charge is -2.23. The number of para-hydroxylation sites is 1. The summed E-state index contributed by atoms with van der Waals surface area (Å²) in [5.74, 6) is 0.684. The fourth-order valence-electron chi connectivity index (χ4n) is 9.84. The first kappa shape index (κ1) is 34.4. The molecule has 12 rings (SSSR count). The summed E-state index contributed by atoms with van der Waals surface area (Å²) in [6.07, 6.45) is 0. The fraction of sp³-hybridized carbons (Fsp3) is 0.0526. The molecule has 3 heteroatoms. The van der Waals surface area contributed by atoms with E-state index in [0.29, 0.717) is 5.82 Å². The van der Waals surface area contributed by atoms with E-state index in [-0.39, 0.29) is 5.41 Å². The van der Waals surface area contributed by atoms with Crippen molar-refractivity contribution in [2.75, 3.05) is 0 Å². The molecule has 0 aliphatic heterocycles. The molecule has 0 radical (unpaired) electrons. The van der Waals surface area contributed by atoms with Crippen LogP contribution in [-0.4, -0.2) is 9.97 Å². The van der Waals surface area contributed by atoms with Gasteiger partial charge in [-0.05, 0) is 90.3 Å². The third-order valence-electron chi connectivity index (χ3n) is 12.7. The normalized spacial score (nSPS) is 13.0. The van der Waals surface area contributed by atoms with Crippen molar-refractivity contribution < 1.29 is 4.42 Å². The molecule has 3 nitrogen and oxygen atoms in total. The van der Waals surface area contributed by atoms with Gasteiger partial charge in [-0.15, -0.1) is 0 Å². The maximum atomic E-state index is 6.30. The number of hydrogen-bond donors (Lipinski definition) is 0. The summed E-state index contributed by atoms with van der Waals surface area (Å²) < 4.78 is 6.30. The Morgan fingerprint density at radius 3 is 1.82 bits per heavy atom. The second-order valence-corrected chi connectivity index (χ2v) is 16.5. The van der Waals surface area contributed by atoms with E-state index in [1.807, 2.05) is 42.5 Å². The molecule has 0 bridgehead atoms. The molecule has 1 aliphatic carbocycles. The second kappa shape index (κ2) is 13.2. The monoisotopic (exact) mass is 766 g/mol. The number of rotatable bonds is 5. The first-order chi connectivity index (χ1) is 29.5. The highest BCUT2D eigenvalue weighted by Crippen LogP contribution is 2.52. The minimum Gasteiger partial charge on any atom is -0.456 e. The van der Waals surface area contributed by atoms with Gasteiger partial charge in [0, 0.05) is 32.9 Å². The zero-order chi connectivity index (χ0) is 40.0. The van der Waals surface area contributed by atoms with Crippen LogP contribution >= 0.6 is 0 Å². The van der Waals surface area contributed by atoms with Crippen molar-refractivity contribution in [3.8, 4) is 67.3 Å². The van der Waals surface area contributed by atoms with Crippen molar-refractivity contribution in [3.05, 3.63) is 205 Å². The molecule has 0 unspecified atom stereocenters. The van der Waals surface area contributed by atoms with E-state index in [2.05, 4.69) is 166 Å². The van der Waals surface area contributed by atoms with E-state index in [9.17, 15) is 0 Å². The molecule has 9 aromatic carbocycles. The van der Waals surface area contributed by atoms with Crippen LogP contribution in [0.5, 0.6) is 0 Å². The molecular formula is C57H38N2O. The molecular weight excluding hydrogens is 729 g/mol. The van der Waals surface area contributed by atoms with Crippen LogP contribution in [0.15, 0.2) is 199 Å². The van der Waals surface area contributed by atoms with E-state index in [1.54, 1.807) is 0 Å². The average molecular weight is 767 g/mol. The Morgan fingerprint density at radius 1 is 0.383 bits per heavy atom. The molecule has 2 aromatic heterocycles. The molecule has 282 valence electrons. The summed E-state index contributed by atoms with van der Waals surface area (Å²) in [6, 6.07) is 69.5. The lowest BCUT2D eigenvalue weighted by atomic mass is 9.80. The molecule has 2 heterocycles. The zero-order valence-electron chi connectivity index (χ0n) is 33.3. The van der Waals surface area contributed by atoms with Crippen LogP contribution in [0.25, 0.3) is 111 Å². The van der Waals surface area contributed by atoms with Gasteiger partial charge in [-0.2, -0.15) is 0 Å². The standard InChI is InChI=1S/C57H38N2O/c1-57(2)49-32-28-39(33-48(49)45-29-27-36-13-6-7-16-41(36)55(45)57)35-23-25-37(26-24-35)40-30-31-44(43-18-9-8-17-42(40)43)50-34-51(59-56(58-50)38-14-4-3-5-15-38)46-20-12-22-53-54(46)47-19-10-11-21-52(47)60-53/h3-34H,1-2H3. The number of furan rings is 1. The van der Waals surface area contributed by atoms with Crippen LogP contribution in [0.2, 0.25) is 0 Å². The largest absolute Gasteiger partial charge is 0.456 e. The van der Waals surface area contributed by atoms with Gasteiger partial charge in [0.2, 0.25) is 0 Å². The van der Waals surface area contributed by atoms with Crippen molar-refractivity contribution >= 4 is 43.5 Å². The molecule has 0 saturated heterocycles. The fourth-order valence-corrected chi connectivity index (χ4v) is 9.84. The van der Waals surface area contributed by atoms with Gasteiger partial charge in [-0.3, -0.25) is 0 Å². The predicted octanol–water partition coefficient (Wildman–Crippen LogP) is 15.3. The minimum atomic E-state index is -0.0691. The molecule has 0 amide bonds. The summed E-state index contributed by atoms with van der Waals surface area (Å²) in [7, 11) is 0. The maximum absolute atomic E-state index is 6.30. The first-order valence-electron chi connectivity index (χ1n) is 20.6. The van der Waals surface area contributed by atoms with Gasteiger partial charge in [-0.25, -0.2) is 9.97 Å². The smallest absolute Gasteiger partial charge is 0.160 e. The van der Waals surface area contributed by atoms with Crippen molar-refractivity contribution in [3.63, 3.8) is 0 Å². The van der Waals surface area contributed by atoms with E-state index < -0.39 is 0 Å². The number of nitrogens with zero attached hydrogens (tertiary/aromatic N) is 2. The van der Waals surface area contributed by atoms with Gasteiger partial charge in [0.25, 0.3) is 0 Å². The summed E-state index contributed by atoms with van der Waals surface area (Å²) in [4.78, 5) is 10.5. The van der Waals surface area contributed by atoms with Gasteiger partial charge in [-0.1, -0.05) is 184 Å². The highest BCUT2D eigenvalue weighted by Gasteiger charge is 2.37. The van der Waals surface area contributed by atoms with Crippen LogP contribution < -0.4 is 0 Å². The predicted molar refractivity (Wildman–Crippen MR) is 249 cm³/mol. The van der Waals surface area contributed by atoms with Crippen LogP contribution in [0, 0.1) is 0 Å². The Kier molecular flexibility index (Phi) is 7.58. The van der Waals surface area contributed by atoms with Crippen molar-refractivity contribution in [2.24, 2.45) is 0 Å². The Morgan fingerprint density at radius 2 is 1.00 bits per heavy atom. The van der Waals surface area contributed by atoms with Gasteiger partial charge in [0.1, 0.15) is 11.2 Å². The highest BCUT2D eigenvalue weighted by atomic mass is 16.3. The quantitative estimate of drug-likeness (QED) is 0.175. The SMILES string of the molecule is CC1(C)c2ccc(-c3ccc(-c4ccc(-c5cc(-c6cccc7oc8ccccc8c67)nc(-c6ccccc6)n5)c5ccccc45)cc3)cc2-c2ccc3ccccc3c21. The van der Waals surface area contributed by atoms with Crippen molar-refractivity contribution in [1.82, 2.24) is 9.97 Å². The molecule has 0 spiro atoms. The third-order valence-corrected chi connectivity index (χ3v) is 12.7. The lowest BCUT2D eigenvalue weighted by Crippen LogP contribution is -2.15. The number of hydrogen-bond acceptors (Lipinski definition) is 3. The number of benzene rings is 9.